The lowest BCUT2D eigenvalue weighted by Gasteiger charge is -2.31. The summed E-state index contributed by atoms with van der Waals surface area (Å²) in [6.45, 7) is 7.13. The number of hydrogen-bond acceptors (Lipinski definition) is 6. The van der Waals surface area contributed by atoms with Gasteiger partial charge in [0.1, 0.15) is 0 Å². The van der Waals surface area contributed by atoms with E-state index in [2.05, 4.69) is 5.43 Å². The largest absolute Gasteiger partial charge is 0.423 e. The molecule has 0 aliphatic rings. The maximum Gasteiger partial charge on any atom is 0.333 e. The third-order valence-electron chi connectivity index (χ3n) is 2.30. The first-order valence-electron chi connectivity index (χ1n) is 6.37. The predicted molar refractivity (Wildman–Crippen MR) is 68.6 cm³/mol. The van der Waals surface area contributed by atoms with E-state index in [1.807, 2.05) is 6.92 Å². The van der Waals surface area contributed by atoms with Gasteiger partial charge in [0, 0.05) is 27.0 Å². The number of carbonyl (C=O) groups is 2. The summed E-state index contributed by atoms with van der Waals surface area (Å²) in [7, 11) is 1.34. The van der Waals surface area contributed by atoms with Crippen LogP contribution in [0, 0.1) is 0 Å². The van der Waals surface area contributed by atoms with Gasteiger partial charge in [-0.1, -0.05) is 13.3 Å². The molecule has 0 rings (SSSR count). The number of esters is 1. The molecule has 0 aliphatic carbocycles. The Morgan fingerprint density at radius 3 is 2.37 bits per heavy atom. The number of hydroxylamine groups is 1. The van der Waals surface area contributed by atoms with Crippen LogP contribution in [0.2, 0.25) is 0 Å². The second-order valence-corrected chi connectivity index (χ2v) is 4.02. The summed E-state index contributed by atoms with van der Waals surface area (Å²) in [5.41, 5.74) is 2.80. The number of hydrazine groups is 1. The zero-order valence-corrected chi connectivity index (χ0v) is 12.3. The first kappa shape index (κ1) is 17.8. The number of ether oxygens (including phenoxy) is 2. The van der Waals surface area contributed by atoms with E-state index in [-0.39, 0.29) is 6.61 Å². The van der Waals surface area contributed by atoms with E-state index in [4.69, 9.17) is 14.3 Å². The van der Waals surface area contributed by atoms with Gasteiger partial charge >= 0.3 is 11.9 Å². The Kier molecular flexibility index (Phi) is 8.29. The molecular formula is C12H24N2O5. The van der Waals surface area contributed by atoms with Gasteiger partial charge in [-0.3, -0.25) is 14.4 Å². The topological polar surface area (TPSA) is 77.1 Å². The number of carbonyl (C=O) groups excluding carboxylic acids is 2. The summed E-state index contributed by atoms with van der Waals surface area (Å²) >= 11 is 0. The first-order valence-corrected chi connectivity index (χ1v) is 6.37. The molecule has 0 bridgehead atoms. The lowest BCUT2D eigenvalue weighted by molar-refractivity contribution is -0.256. The number of hydrogen-bond donors (Lipinski definition) is 1. The summed E-state index contributed by atoms with van der Waals surface area (Å²) in [4.78, 5) is 28.3. The van der Waals surface area contributed by atoms with Gasteiger partial charge in [-0.05, 0) is 13.3 Å². The molecule has 1 atom stereocenters. The molecule has 0 fully saturated rings. The van der Waals surface area contributed by atoms with Crippen molar-refractivity contribution in [3.05, 3.63) is 0 Å². The monoisotopic (exact) mass is 276 g/mol. The smallest absolute Gasteiger partial charge is 0.333 e. The lowest BCUT2D eigenvalue weighted by atomic mass is 10.3. The van der Waals surface area contributed by atoms with Gasteiger partial charge in [-0.15, -0.1) is 5.17 Å². The average Bonchev–Trinajstić information content (AvgIpc) is 2.33. The normalized spacial score (nSPS) is 13.7. The Morgan fingerprint density at radius 1 is 1.32 bits per heavy atom. The molecule has 7 heteroatoms. The Labute approximate surface area is 114 Å². The molecule has 0 spiro atoms. The number of amides is 1. The number of unbranched alkanes of at least 4 members (excludes halogenated alkanes) is 1. The highest BCUT2D eigenvalue weighted by Gasteiger charge is 2.42. The molecule has 7 nitrogen and oxygen atoms in total. The molecule has 0 heterocycles. The Morgan fingerprint density at radius 2 is 1.95 bits per heavy atom. The molecule has 19 heavy (non-hydrogen) atoms. The second-order valence-electron chi connectivity index (χ2n) is 4.02. The van der Waals surface area contributed by atoms with Crippen LogP contribution in [0.25, 0.3) is 0 Å². The minimum atomic E-state index is -1.70. The fraction of sp³-hybridized carbons (Fsp3) is 0.833. The quantitative estimate of drug-likeness (QED) is 0.293. The SMILES string of the molecule is CCCCNN(OC)C(=O)C(C)(OCC)OC(C)=O. The van der Waals surface area contributed by atoms with Crippen LogP contribution in [0.3, 0.4) is 0 Å². The molecule has 0 aromatic carbocycles. The summed E-state index contributed by atoms with van der Waals surface area (Å²) < 4.78 is 10.2. The fourth-order valence-electron chi connectivity index (χ4n) is 1.45. The maximum atomic E-state index is 12.3. The van der Waals surface area contributed by atoms with Crippen molar-refractivity contribution in [3.8, 4) is 0 Å². The van der Waals surface area contributed by atoms with Crippen LogP contribution in [0.15, 0.2) is 0 Å². The standard InChI is InChI=1S/C12H24N2O5/c1-6-8-9-13-14(17-5)11(16)12(4,18-7-2)19-10(3)15/h13H,6-9H2,1-5H3. The van der Waals surface area contributed by atoms with Crippen molar-refractivity contribution in [2.75, 3.05) is 20.3 Å². The fourth-order valence-corrected chi connectivity index (χ4v) is 1.45. The van der Waals surface area contributed by atoms with Crippen LogP contribution in [-0.2, 0) is 23.9 Å². The highest BCUT2D eigenvalue weighted by atomic mass is 16.7. The molecule has 1 unspecified atom stereocenters. The van der Waals surface area contributed by atoms with Gasteiger partial charge < -0.3 is 9.47 Å². The third-order valence-corrected chi connectivity index (χ3v) is 2.30. The lowest BCUT2D eigenvalue weighted by Crippen LogP contribution is -2.55. The minimum Gasteiger partial charge on any atom is -0.423 e. The third kappa shape index (κ3) is 6.00. The van der Waals surface area contributed by atoms with Gasteiger partial charge in [0.15, 0.2) is 0 Å². The zero-order valence-electron chi connectivity index (χ0n) is 12.3. The molecule has 1 N–H and O–H groups in total. The minimum absolute atomic E-state index is 0.224. The zero-order chi connectivity index (χ0) is 14.9. The van der Waals surface area contributed by atoms with Gasteiger partial charge in [0.25, 0.3) is 5.79 Å². The van der Waals surface area contributed by atoms with Crippen molar-refractivity contribution < 1.29 is 23.9 Å². The van der Waals surface area contributed by atoms with Crippen LogP contribution in [0.4, 0.5) is 0 Å². The van der Waals surface area contributed by atoms with Gasteiger partial charge in [-0.2, -0.15) is 0 Å². The molecule has 0 radical (unpaired) electrons. The molecule has 112 valence electrons. The Bertz CT molecular complexity index is 298. The van der Waals surface area contributed by atoms with Gasteiger partial charge in [-0.25, -0.2) is 5.43 Å². The Hall–Kier alpha value is -1.18. The maximum absolute atomic E-state index is 12.3. The molecular weight excluding hydrogens is 252 g/mol. The summed E-state index contributed by atoms with van der Waals surface area (Å²) in [5.74, 6) is -2.92. The molecule has 0 saturated heterocycles. The number of nitrogens with zero attached hydrogens (tertiary/aromatic N) is 1. The van der Waals surface area contributed by atoms with Crippen LogP contribution in [0.5, 0.6) is 0 Å². The van der Waals surface area contributed by atoms with Crippen LogP contribution in [-0.4, -0.2) is 43.1 Å². The van der Waals surface area contributed by atoms with Crippen molar-refractivity contribution in [3.63, 3.8) is 0 Å². The summed E-state index contributed by atoms with van der Waals surface area (Å²) in [6, 6.07) is 0. The van der Waals surface area contributed by atoms with E-state index < -0.39 is 17.7 Å². The molecule has 0 aromatic heterocycles. The second kappa shape index (κ2) is 8.84. The average molecular weight is 276 g/mol. The first-order chi connectivity index (χ1) is 8.91. The molecule has 0 aromatic rings. The van der Waals surface area contributed by atoms with Gasteiger partial charge in [0.2, 0.25) is 0 Å². The van der Waals surface area contributed by atoms with Crippen molar-refractivity contribution >= 4 is 11.9 Å². The van der Waals surface area contributed by atoms with E-state index in [1.54, 1.807) is 6.92 Å². The van der Waals surface area contributed by atoms with E-state index in [0.29, 0.717) is 6.54 Å². The molecule has 1 amide bonds. The van der Waals surface area contributed by atoms with Crippen LogP contribution >= 0.6 is 0 Å². The summed E-state index contributed by atoms with van der Waals surface area (Å²) in [5, 5.41) is 0.925. The van der Waals surface area contributed by atoms with E-state index >= 15 is 0 Å². The Balaban J connectivity index is 4.78. The number of rotatable bonds is 9. The number of nitrogens with one attached hydrogen (secondary N) is 1. The highest BCUT2D eigenvalue weighted by molar-refractivity contribution is 5.84. The molecule has 0 aliphatic heterocycles. The van der Waals surface area contributed by atoms with E-state index in [0.717, 1.165) is 18.0 Å². The predicted octanol–water partition coefficient (Wildman–Crippen LogP) is 0.997. The van der Waals surface area contributed by atoms with E-state index in [9.17, 15) is 9.59 Å². The van der Waals surface area contributed by atoms with Crippen LogP contribution < -0.4 is 5.43 Å². The summed E-state index contributed by atoms with van der Waals surface area (Å²) in [6.07, 6.45) is 1.86. The van der Waals surface area contributed by atoms with E-state index in [1.165, 1.54) is 21.0 Å². The van der Waals surface area contributed by atoms with Crippen LogP contribution in [0.1, 0.15) is 40.5 Å². The van der Waals surface area contributed by atoms with Crippen molar-refractivity contribution in [2.24, 2.45) is 0 Å². The van der Waals surface area contributed by atoms with Crippen molar-refractivity contribution in [1.29, 1.82) is 0 Å². The highest BCUT2D eigenvalue weighted by Crippen LogP contribution is 2.16. The van der Waals surface area contributed by atoms with Crippen molar-refractivity contribution in [2.45, 2.75) is 46.3 Å². The van der Waals surface area contributed by atoms with Gasteiger partial charge in [0.05, 0.1) is 7.11 Å². The molecule has 0 saturated carbocycles. The van der Waals surface area contributed by atoms with Crippen molar-refractivity contribution in [1.82, 2.24) is 10.6 Å².